The summed E-state index contributed by atoms with van der Waals surface area (Å²) in [6, 6.07) is 5.12. The fourth-order valence-electron chi connectivity index (χ4n) is 6.55. The van der Waals surface area contributed by atoms with Crippen LogP contribution in [0.3, 0.4) is 0 Å². The third kappa shape index (κ3) is 4.47. The molecule has 0 nitrogen and oxygen atoms in total. The van der Waals surface area contributed by atoms with Crippen molar-refractivity contribution in [1.82, 2.24) is 0 Å². The van der Waals surface area contributed by atoms with Gasteiger partial charge in [-0.25, -0.2) is 0 Å². The van der Waals surface area contributed by atoms with E-state index in [1.807, 2.05) is 0 Å². The van der Waals surface area contributed by atoms with Crippen molar-refractivity contribution in [3.63, 3.8) is 0 Å². The third-order valence-electron chi connectivity index (χ3n) is 8.25. The van der Waals surface area contributed by atoms with E-state index in [4.69, 9.17) is 0 Å². The number of benzene rings is 2. The van der Waals surface area contributed by atoms with E-state index in [2.05, 4.69) is 109 Å². The van der Waals surface area contributed by atoms with Gasteiger partial charge in [0.1, 0.15) is 0 Å². The maximum absolute atomic E-state index is 2.57. The monoisotopic (exact) mass is 464 g/mol. The van der Waals surface area contributed by atoms with Crippen molar-refractivity contribution in [3.05, 3.63) is 51.1 Å². The molecule has 1 aliphatic heterocycles. The molecule has 1 heterocycles. The molecule has 182 valence electrons. The first kappa shape index (κ1) is 26.5. The van der Waals surface area contributed by atoms with Crippen LogP contribution in [0.1, 0.15) is 132 Å². The van der Waals surface area contributed by atoms with Crippen molar-refractivity contribution in [3.8, 4) is 11.1 Å². The van der Waals surface area contributed by atoms with Crippen molar-refractivity contribution in [2.24, 2.45) is 0 Å². The Labute approximate surface area is 206 Å². The van der Waals surface area contributed by atoms with Crippen molar-refractivity contribution in [1.29, 1.82) is 0 Å². The first-order valence-electron chi connectivity index (χ1n) is 13.1. The van der Waals surface area contributed by atoms with Gasteiger partial charge in [-0.05, 0) is 118 Å². The molecule has 2 unspecified atom stereocenters. The Hall–Kier alpha value is -1.13. The Bertz CT molecular complexity index is 1060. The quantitative estimate of drug-likeness (QED) is 0.388. The minimum Gasteiger partial charge on any atom is -0.0630 e. The van der Waals surface area contributed by atoms with Gasteiger partial charge in [-0.1, -0.05) is 89.3 Å². The van der Waals surface area contributed by atoms with Crippen molar-refractivity contribution in [2.75, 3.05) is 0 Å². The predicted octanol–water partition coefficient (Wildman–Crippen LogP) is 10.0. The van der Waals surface area contributed by atoms with Gasteiger partial charge in [-0.3, -0.25) is 0 Å². The highest BCUT2D eigenvalue weighted by atomic mass is 31.1. The van der Waals surface area contributed by atoms with E-state index in [9.17, 15) is 0 Å². The summed E-state index contributed by atoms with van der Waals surface area (Å²) < 4.78 is 0. The Morgan fingerprint density at radius 2 is 1.36 bits per heavy atom. The fraction of sp³-hybridized carbons (Fsp3) is 0.625. The Balaban J connectivity index is 2.66. The lowest BCUT2D eigenvalue weighted by Gasteiger charge is -2.49. The molecule has 0 spiro atoms. The van der Waals surface area contributed by atoms with Gasteiger partial charge in [-0.2, -0.15) is 0 Å². The largest absolute Gasteiger partial charge is 0.0630 e. The first-order chi connectivity index (χ1) is 15.0. The van der Waals surface area contributed by atoms with Crippen LogP contribution in [0.4, 0.5) is 0 Å². The molecule has 0 N–H and O–H groups in total. The summed E-state index contributed by atoms with van der Waals surface area (Å²) in [6.07, 6.45) is 1.24. The van der Waals surface area contributed by atoms with E-state index in [-0.39, 0.29) is 18.2 Å². The first-order valence-corrected chi connectivity index (χ1v) is 14.4. The van der Waals surface area contributed by atoms with E-state index >= 15 is 0 Å². The predicted molar refractivity (Wildman–Crippen MR) is 152 cm³/mol. The maximum Gasteiger partial charge on any atom is -0.00660 e. The number of hydrogen-bond acceptors (Lipinski definition) is 0. The van der Waals surface area contributed by atoms with Crippen LogP contribution in [0.25, 0.3) is 11.1 Å². The summed E-state index contributed by atoms with van der Waals surface area (Å²) in [5.74, 6) is 1.60. The molecule has 2 atom stereocenters. The van der Waals surface area contributed by atoms with Crippen molar-refractivity contribution < 1.29 is 0 Å². The van der Waals surface area contributed by atoms with Crippen LogP contribution in [0.2, 0.25) is 0 Å². The van der Waals surface area contributed by atoms with Crippen molar-refractivity contribution in [2.45, 2.75) is 131 Å². The van der Waals surface area contributed by atoms with Gasteiger partial charge in [-0.15, -0.1) is 0 Å². The van der Waals surface area contributed by atoms with Crippen LogP contribution in [0.5, 0.6) is 0 Å². The van der Waals surface area contributed by atoms with E-state index in [0.29, 0.717) is 17.8 Å². The molecule has 1 heteroatoms. The third-order valence-corrected chi connectivity index (χ3v) is 12.0. The molecule has 0 radical (unpaired) electrons. The summed E-state index contributed by atoms with van der Waals surface area (Å²) in [5.41, 5.74) is 13.8. The topological polar surface area (TPSA) is 0 Å². The highest BCUT2D eigenvalue weighted by molar-refractivity contribution is 7.69. The van der Waals surface area contributed by atoms with Gasteiger partial charge in [0, 0.05) is 0 Å². The molecule has 33 heavy (non-hydrogen) atoms. The molecule has 0 fully saturated rings. The second-order valence-corrected chi connectivity index (χ2v) is 16.7. The highest BCUT2D eigenvalue weighted by Gasteiger charge is 2.44. The molecular formula is C32H49P. The van der Waals surface area contributed by atoms with Gasteiger partial charge in [0.25, 0.3) is 0 Å². The minimum absolute atomic E-state index is 0.250. The number of rotatable bonds is 2. The summed E-state index contributed by atoms with van der Waals surface area (Å²) in [5, 5.41) is 2.21. The standard InChI is InChI=1S/C32H49P/c1-18(2)25-15-26(19(3)4)29-27(16-25)20(5)17-32(13,14)33(31(10,11)12)30-24(9)22(7)21(6)23(8)28(29)30/h15-16,18-20H,17H2,1-14H3. The van der Waals surface area contributed by atoms with Gasteiger partial charge >= 0.3 is 0 Å². The van der Waals surface area contributed by atoms with Crippen molar-refractivity contribution >= 4 is 13.2 Å². The lowest BCUT2D eigenvalue weighted by molar-refractivity contribution is 0.545. The lowest BCUT2D eigenvalue weighted by atomic mass is 9.77. The second kappa shape index (κ2) is 8.82. The molecule has 2 aromatic rings. The van der Waals surface area contributed by atoms with Crippen LogP contribution in [0.15, 0.2) is 12.1 Å². The molecular weight excluding hydrogens is 415 g/mol. The zero-order chi connectivity index (χ0) is 25.2. The molecule has 0 saturated heterocycles. The lowest BCUT2D eigenvalue weighted by Crippen LogP contribution is -2.38. The molecule has 1 aliphatic rings. The maximum atomic E-state index is 2.57. The number of fused-ring (bicyclic) bond motifs is 3. The average Bonchev–Trinajstić information content (AvgIpc) is 2.67. The summed E-state index contributed by atoms with van der Waals surface area (Å²) in [7, 11) is -0.384. The van der Waals surface area contributed by atoms with Gasteiger partial charge in [0.2, 0.25) is 0 Å². The summed E-state index contributed by atoms with van der Waals surface area (Å²) in [4.78, 5) is 0. The number of hydrogen-bond donors (Lipinski definition) is 0. The molecule has 0 aromatic heterocycles. The molecule has 0 amide bonds. The highest BCUT2D eigenvalue weighted by Crippen LogP contribution is 2.65. The van der Waals surface area contributed by atoms with Gasteiger partial charge < -0.3 is 0 Å². The molecule has 2 aromatic carbocycles. The summed E-state index contributed by atoms with van der Waals surface area (Å²) >= 11 is 0. The van der Waals surface area contributed by atoms with E-state index in [1.165, 1.54) is 28.7 Å². The molecule has 3 rings (SSSR count). The smallest absolute Gasteiger partial charge is 0.00660 e. The van der Waals surface area contributed by atoms with E-state index in [1.54, 1.807) is 33.1 Å². The van der Waals surface area contributed by atoms with E-state index in [0.717, 1.165) is 0 Å². The minimum atomic E-state index is -0.384. The SMILES string of the molecule is Cc1c(C)c(C)c2c(c1C)-c1c(C(C)C)cc(C(C)C)cc1C(C)CC(C)(C)P2C(C)(C)C. The zero-order valence-electron chi connectivity index (χ0n) is 24.0. The normalized spacial score (nSPS) is 20.5. The Morgan fingerprint density at radius 1 is 0.818 bits per heavy atom. The average molecular weight is 465 g/mol. The Morgan fingerprint density at radius 3 is 1.85 bits per heavy atom. The van der Waals surface area contributed by atoms with Gasteiger partial charge in [0.15, 0.2) is 0 Å². The summed E-state index contributed by atoms with van der Waals surface area (Å²) in [6.45, 7) is 34.1. The van der Waals surface area contributed by atoms with Gasteiger partial charge in [0.05, 0.1) is 0 Å². The molecule has 0 bridgehead atoms. The van der Waals surface area contributed by atoms with Crippen LogP contribution in [-0.2, 0) is 0 Å². The van der Waals surface area contributed by atoms with Crippen LogP contribution in [-0.4, -0.2) is 10.3 Å². The van der Waals surface area contributed by atoms with Crippen LogP contribution < -0.4 is 5.30 Å². The Kier molecular flexibility index (Phi) is 7.08. The molecule has 0 aliphatic carbocycles. The van der Waals surface area contributed by atoms with Crippen LogP contribution in [0, 0.1) is 27.7 Å². The second-order valence-electron chi connectivity index (χ2n) is 13.0. The molecule has 0 saturated carbocycles. The fourth-order valence-corrected chi connectivity index (χ4v) is 11.1. The van der Waals surface area contributed by atoms with Crippen LogP contribution >= 0.6 is 7.92 Å². The van der Waals surface area contributed by atoms with E-state index < -0.39 is 0 Å². The zero-order valence-corrected chi connectivity index (χ0v) is 24.9.